The van der Waals surface area contributed by atoms with E-state index in [0.29, 0.717) is 0 Å². The van der Waals surface area contributed by atoms with E-state index in [1.165, 1.54) is 12.1 Å². The molecule has 0 aromatic heterocycles. The van der Waals surface area contributed by atoms with Crippen LogP contribution in [-0.4, -0.2) is 36.4 Å². The van der Waals surface area contributed by atoms with Crippen LogP contribution in [0.5, 0.6) is 5.75 Å². The van der Waals surface area contributed by atoms with Gasteiger partial charge in [0, 0.05) is 6.42 Å². The van der Waals surface area contributed by atoms with Crippen molar-refractivity contribution in [2.24, 2.45) is 0 Å². The topological polar surface area (TPSA) is 63.6 Å². The van der Waals surface area contributed by atoms with Crippen LogP contribution in [0.4, 0.5) is 22.0 Å². The minimum Gasteiger partial charge on any atom is -0.493 e. The van der Waals surface area contributed by atoms with Gasteiger partial charge in [0.1, 0.15) is 5.75 Å². The highest BCUT2D eigenvalue weighted by atomic mass is 32.2. The van der Waals surface area contributed by atoms with Crippen molar-refractivity contribution in [2.75, 3.05) is 6.61 Å². The van der Waals surface area contributed by atoms with Crippen LogP contribution in [0.1, 0.15) is 13.3 Å². The molecule has 0 bridgehead atoms. The Hall–Kier alpha value is -2.63. The highest BCUT2D eigenvalue weighted by Gasteiger charge is 2.73. The van der Waals surface area contributed by atoms with Gasteiger partial charge in [-0.1, -0.05) is 36.4 Å². The van der Waals surface area contributed by atoms with E-state index in [2.05, 4.69) is 0 Å². The molecule has 0 amide bonds. The van der Waals surface area contributed by atoms with E-state index in [-0.39, 0.29) is 12.7 Å². The summed E-state index contributed by atoms with van der Waals surface area (Å²) >= 11 is 0. The standard InChI is InChI=1S/C24H21F5O4S2/c1-22(24(27,28)29,35(30,31)32)23(25,26)16-17-33-18-12-14-21(15-13-18)34(19-8-4-2-5-9-19)20-10-6-3-7-11-20/h2-15H,16-17H2,1H3/p+1. The SMILES string of the molecule is CC(C(F)(F)F)(C(F)(F)CCOc1ccc([S+](c2ccccc2)c2ccccc2)cc1)S(=O)(=O)O. The van der Waals surface area contributed by atoms with Gasteiger partial charge in [-0.05, 0) is 55.5 Å². The highest BCUT2D eigenvalue weighted by Crippen LogP contribution is 2.48. The van der Waals surface area contributed by atoms with Crippen molar-refractivity contribution >= 4 is 21.0 Å². The Bertz CT molecular complexity index is 1180. The number of rotatable bonds is 9. The molecule has 0 radical (unpaired) electrons. The molecule has 3 aromatic carbocycles. The van der Waals surface area contributed by atoms with Gasteiger partial charge in [0.2, 0.25) is 0 Å². The normalized spacial score (nSPS) is 14.5. The van der Waals surface area contributed by atoms with Crippen molar-refractivity contribution in [3.63, 3.8) is 0 Å². The summed E-state index contributed by atoms with van der Waals surface area (Å²) in [7, 11) is -6.64. The Morgan fingerprint density at radius 3 is 1.60 bits per heavy atom. The second-order valence-electron chi connectivity index (χ2n) is 7.71. The summed E-state index contributed by atoms with van der Waals surface area (Å²) in [5.41, 5.74) is 0. The molecule has 0 saturated heterocycles. The molecular weight excluding hydrogens is 511 g/mol. The van der Waals surface area contributed by atoms with Gasteiger partial charge in [0.25, 0.3) is 20.8 Å². The first-order valence-corrected chi connectivity index (χ1v) is 12.9. The van der Waals surface area contributed by atoms with Gasteiger partial charge >= 0.3 is 6.18 Å². The summed E-state index contributed by atoms with van der Waals surface area (Å²) in [5, 5.41) is 0. The van der Waals surface area contributed by atoms with E-state index >= 15 is 0 Å². The summed E-state index contributed by atoms with van der Waals surface area (Å²) in [5.74, 6) is -4.72. The smallest absolute Gasteiger partial charge is 0.416 e. The molecule has 1 unspecified atom stereocenters. The number of hydrogen-bond donors (Lipinski definition) is 1. The third-order valence-corrected chi connectivity index (χ3v) is 9.25. The molecule has 0 aliphatic rings. The zero-order valence-electron chi connectivity index (χ0n) is 18.4. The van der Waals surface area contributed by atoms with E-state index < -0.39 is 50.9 Å². The molecule has 3 aromatic rings. The maximum atomic E-state index is 14.4. The Morgan fingerprint density at radius 1 is 0.771 bits per heavy atom. The third-order valence-electron chi connectivity index (χ3n) is 5.46. The van der Waals surface area contributed by atoms with Crippen LogP contribution in [0.2, 0.25) is 0 Å². The van der Waals surface area contributed by atoms with Crippen molar-refractivity contribution in [3.8, 4) is 5.75 Å². The number of benzene rings is 3. The number of alkyl halides is 5. The molecule has 4 nitrogen and oxygen atoms in total. The van der Waals surface area contributed by atoms with E-state index in [1.54, 1.807) is 12.1 Å². The molecule has 0 aliphatic heterocycles. The van der Waals surface area contributed by atoms with Crippen molar-refractivity contribution < 1.29 is 39.7 Å². The molecule has 0 saturated carbocycles. The lowest BCUT2D eigenvalue weighted by molar-refractivity contribution is -0.222. The minimum absolute atomic E-state index is 0.120. The second-order valence-corrected chi connectivity index (χ2v) is 11.5. The fourth-order valence-electron chi connectivity index (χ4n) is 3.27. The first-order valence-electron chi connectivity index (χ1n) is 10.3. The van der Waals surface area contributed by atoms with Crippen LogP contribution in [0.25, 0.3) is 0 Å². The third kappa shape index (κ3) is 5.62. The lowest BCUT2D eigenvalue weighted by Gasteiger charge is -2.35. The van der Waals surface area contributed by atoms with Gasteiger partial charge < -0.3 is 4.74 Å². The summed E-state index contributed by atoms with van der Waals surface area (Å²) in [6.07, 6.45) is -7.49. The summed E-state index contributed by atoms with van der Waals surface area (Å²) in [6, 6.07) is 25.8. The first kappa shape index (κ1) is 27.0. The Morgan fingerprint density at radius 2 is 1.20 bits per heavy atom. The number of halogens is 5. The van der Waals surface area contributed by atoms with E-state index in [4.69, 9.17) is 9.29 Å². The van der Waals surface area contributed by atoms with Crippen LogP contribution >= 0.6 is 0 Å². The Labute approximate surface area is 202 Å². The molecule has 0 spiro atoms. The maximum absolute atomic E-state index is 14.4. The monoisotopic (exact) mass is 533 g/mol. The van der Waals surface area contributed by atoms with Crippen LogP contribution in [0.3, 0.4) is 0 Å². The van der Waals surface area contributed by atoms with Crippen molar-refractivity contribution in [3.05, 3.63) is 84.9 Å². The molecule has 3 rings (SSSR count). The summed E-state index contributed by atoms with van der Waals surface area (Å²) in [4.78, 5) is 2.99. The van der Waals surface area contributed by atoms with Crippen LogP contribution in [-0.2, 0) is 21.0 Å². The molecule has 1 N–H and O–H groups in total. The van der Waals surface area contributed by atoms with Gasteiger partial charge in [0.05, 0.1) is 17.5 Å². The molecule has 35 heavy (non-hydrogen) atoms. The van der Waals surface area contributed by atoms with Gasteiger partial charge in [-0.15, -0.1) is 0 Å². The average Bonchev–Trinajstić information content (AvgIpc) is 2.79. The quantitative estimate of drug-likeness (QED) is 0.197. The van der Waals surface area contributed by atoms with Gasteiger partial charge in [0.15, 0.2) is 14.7 Å². The molecule has 0 aliphatic carbocycles. The average molecular weight is 534 g/mol. The molecule has 0 fully saturated rings. The molecular formula is C24H22F5O4S2+. The molecule has 11 heteroatoms. The maximum Gasteiger partial charge on any atom is 0.416 e. The minimum atomic E-state index is -6.17. The molecule has 0 heterocycles. The fourth-order valence-corrected chi connectivity index (χ4v) is 6.13. The first-order chi connectivity index (χ1) is 16.3. The summed E-state index contributed by atoms with van der Waals surface area (Å²) in [6.45, 7) is -1.15. The summed E-state index contributed by atoms with van der Waals surface area (Å²) < 4.78 is 100. The van der Waals surface area contributed by atoms with E-state index in [9.17, 15) is 30.4 Å². The van der Waals surface area contributed by atoms with Crippen molar-refractivity contribution in [1.82, 2.24) is 0 Å². The zero-order valence-corrected chi connectivity index (χ0v) is 20.0. The predicted octanol–water partition coefficient (Wildman–Crippen LogP) is 6.40. The number of hydrogen-bond acceptors (Lipinski definition) is 3. The number of ether oxygens (including phenoxy) is 1. The van der Waals surface area contributed by atoms with Gasteiger partial charge in [-0.3, -0.25) is 4.55 Å². The lowest BCUT2D eigenvalue weighted by atomic mass is 9.99. The Kier molecular flexibility index (Phi) is 7.83. The molecule has 188 valence electrons. The highest BCUT2D eigenvalue weighted by molar-refractivity contribution is 7.97. The van der Waals surface area contributed by atoms with Crippen LogP contribution in [0.15, 0.2) is 99.6 Å². The van der Waals surface area contributed by atoms with Gasteiger partial charge in [-0.2, -0.15) is 21.6 Å². The zero-order chi connectivity index (χ0) is 25.9. The lowest BCUT2D eigenvalue weighted by Crippen LogP contribution is -2.61. The predicted molar refractivity (Wildman–Crippen MR) is 123 cm³/mol. The van der Waals surface area contributed by atoms with Crippen LogP contribution < -0.4 is 4.74 Å². The largest absolute Gasteiger partial charge is 0.493 e. The molecule has 1 atom stereocenters. The van der Waals surface area contributed by atoms with Gasteiger partial charge in [-0.25, -0.2) is 8.78 Å². The van der Waals surface area contributed by atoms with Crippen LogP contribution in [0, 0.1) is 0 Å². The van der Waals surface area contributed by atoms with Crippen molar-refractivity contribution in [2.45, 2.75) is 44.9 Å². The van der Waals surface area contributed by atoms with E-state index in [0.717, 1.165) is 14.7 Å². The Balaban J connectivity index is 1.77. The second kappa shape index (κ2) is 10.2. The fraction of sp³-hybridized carbons (Fsp3) is 0.250. The van der Waals surface area contributed by atoms with E-state index in [1.807, 2.05) is 60.7 Å². The van der Waals surface area contributed by atoms with Crippen molar-refractivity contribution in [1.29, 1.82) is 0 Å².